The molecule has 1 aliphatic heterocycles. The molecule has 1 N–H and O–H groups in total. The lowest BCUT2D eigenvalue weighted by molar-refractivity contribution is 0.346. The largest absolute Gasteiger partial charge is 0.373 e. The van der Waals surface area contributed by atoms with Gasteiger partial charge in [0.2, 0.25) is 0 Å². The van der Waals surface area contributed by atoms with Gasteiger partial charge in [-0.25, -0.2) is 0 Å². The molecule has 0 spiro atoms. The first-order valence-electron chi connectivity index (χ1n) is 7.52. The maximum Gasteiger partial charge on any atom is 0.0364 e. The summed E-state index contributed by atoms with van der Waals surface area (Å²) in [7, 11) is 2.19. The number of anilines is 1. The summed E-state index contributed by atoms with van der Waals surface area (Å²) in [5.74, 6) is 0. The maximum atomic E-state index is 3.36. The van der Waals surface area contributed by atoms with E-state index in [1.54, 1.807) is 0 Å². The summed E-state index contributed by atoms with van der Waals surface area (Å²) >= 11 is 0. The highest BCUT2D eigenvalue weighted by atomic mass is 15.2. The second kappa shape index (κ2) is 7.51. The van der Waals surface area contributed by atoms with Gasteiger partial charge < -0.3 is 15.1 Å². The molecule has 0 amide bonds. The summed E-state index contributed by atoms with van der Waals surface area (Å²) in [5.41, 5.74) is 2.68. The Kier molecular flexibility index (Phi) is 5.67. The summed E-state index contributed by atoms with van der Waals surface area (Å²) in [6.45, 7) is 9.01. The summed E-state index contributed by atoms with van der Waals surface area (Å²) in [6.07, 6.45) is 2.76. The number of hydrogen-bond acceptors (Lipinski definition) is 3. The Morgan fingerprint density at radius 1 is 1.16 bits per heavy atom. The molecule has 0 aromatic heterocycles. The number of likely N-dealkylation sites (N-methyl/N-ethyl adjacent to an activating group) is 1. The van der Waals surface area contributed by atoms with Gasteiger partial charge >= 0.3 is 0 Å². The predicted molar refractivity (Wildman–Crippen MR) is 82.8 cm³/mol. The van der Waals surface area contributed by atoms with Crippen molar-refractivity contribution in [2.24, 2.45) is 0 Å². The highest BCUT2D eigenvalue weighted by Gasteiger charge is 2.11. The Labute approximate surface area is 117 Å². The average molecular weight is 261 g/mol. The summed E-state index contributed by atoms with van der Waals surface area (Å²) in [5, 5.41) is 3.36. The normalized spacial score (nSPS) is 15.9. The van der Waals surface area contributed by atoms with Crippen molar-refractivity contribution in [3.05, 3.63) is 29.8 Å². The Morgan fingerprint density at radius 3 is 2.47 bits per heavy atom. The monoisotopic (exact) mass is 261 g/mol. The molecule has 0 bridgehead atoms. The zero-order chi connectivity index (χ0) is 13.5. The minimum absolute atomic E-state index is 0.967. The van der Waals surface area contributed by atoms with E-state index in [0.29, 0.717) is 0 Å². The van der Waals surface area contributed by atoms with Gasteiger partial charge in [-0.3, -0.25) is 0 Å². The predicted octanol–water partition coefficient (Wildman–Crippen LogP) is 2.33. The van der Waals surface area contributed by atoms with Crippen LogP contribution in [0.1, 0.15) is 25.3 Å². The summed E-state index contributed by atoms with van der Waals surface area (Å²) < 4.78 is 0. The Bertz CT molecular complexity index is 355. The number of rotatable bonds is 7. The van der Waals surface area contributed by atoms with Crippen LogP contribution in [0.3, 0.4) is 0 Å². The molecular formula is C16H27N3. The van der Waals surface area contributed by atoms with Crippen molar-refractivity contribution >= 4 is 5.69 Å². The zero-order valence-electron chi connectivity index (χ0n) is 12.4. The van der Waals surface area contributed by atoms with Gasteiger partial charge in [0.25, 0.3) is 0 Å². The first kappa shape index (κ1) is 14.4. The quantitative estimate of drug-likeness (QED) is 0.812. The van der Waals surface area contributed by atoms with E-state index in [2.05, 4.69) is 53.4 Å². The van der Waals surface area contributed by atoms with Crippen LogP contribution in [0, 0.1) is 0 Å². The van der Waals surface area contributed by atoms with E-state index in [9.17, 15) is 0 Å². The highest BCUT2D eigenvalue weighted by Crippen LogP contribution is 2.14. The van der Waals surface area contributed by atoms with E-state index < -0.39 is 0 Å². The van der Waals surface area contributed by atoms with Crippen molar-refractivity contribution < 1.29 is 0 Å². The van der Waals surface area contributed by atoms with Crippen molar-refractivity contribution in [1.82, 2.24) is 10.2 Å². The van der Waals surface area contributed by atoms with E-state index in [-0.39, 0.29) is 0 Å². The van der Waals surface area contributed by atoms with Crippen molar-refractivity contribution in [1.29, 1.82) is 0 Å². The number of likely N-dealkylation sites (tertiary alicyclic amines) is 1. The van der Waals surface area contributed by atoms with Crippen LogP contribution < -0.4 is 10.2 Å². The molecule has 0 radical (unpaired) electrons. The second-order valence-corrected chi connectivity index (χ2v) is 5.42. The number of hydrogen-bond donors (Lipinski definition) is 1. The highest BCUT2D eigenvalue weighted by molar-refractivity contribution is 5.46. The van der Waals surface area contributed by atoms with Gasteiger partial charge in [-0.15, -0.1) is 0 Å². The van der Waals surface area contributed by atoms with E-state index in [4.69, 9.17) is 0 Å². The fraction of sp³-hybridized carbons (Fsp3) is 0.625. The standard InChI is InChI=1S/C16H27N3/c1-3-17-14-15-6-8-16(9-7-15)18(2)12-13-19-10-4-5-11-19/h6-9,17H,3-5,10-14H2,1-2H3. The first-order chi connectivity index (χ1) is 9.29. The molecule has 1 fully saturated rings. The molecule has 3 nitrogen and oxygen atoms in total. The molecule has 0 aliphatic carbocycles. The fourth-order valence-corrected chi connectivity index (χ4v) is 2.56. The molecule has 0 unspecified atom stereocenters. The van der Waals surface area contributed by atoms with Gasteiger partial charge in [0.1, 0.15) is 0 Å². The van der Waals surface area contributed by atoms with Crippen LogP contribution in [-0.2, 0) is 6.54 Å². The lowest BCUT2D eigenvalue weighted by Gasteiger charge is -2.23. The smallest absolute Gasteiger partial charge is 0.0364 e. The van der Waals surface area contributed by atoms with E-state index in [1.807, 2.05) is 0 Å². The van der Waals surface area contributed by atoms with Gasteiger partial charge in [0, 0.05) is 32.4 Å². The first-order valence-corrected chi connectivity index (χ1v) is 7.52. The molecule has 3 heteroatoms. The van der Waals surface area contributed by atoms with Crippen LogP contribution in [0.2, 0.25) is 0 Å². The number of nitrogens with one attached hydrogen (secondary N) is 1. The van der Waals surface area contributed by atoms with Gasteiger partial charge in [-0.05, 0) is 50.2 Å². The van der Waals surface area contributed by atoms with Crippen LogP contribution >= 0.6 is 0 Å². The number of benzene rings is 1. The van der Waals surface area contributed by atoms with Crippen molar-refractivity contribution in [2.75, 3.05) is 44.7 Å². The van der Waals surface area contributed by atoms with Gasteiger partial charge in [0.15, 0.2) is 0 Å². The third-order valence-electron chi connectivity index (χ3n) is 3.91. The summed E-state index contributed by atoms with van der Waals surface area (Å²) in [4.78, 5) is 4.92. The molecule has 1 heterocycles. The van der Waals surface area contributed by atoms with Crippen molar-refractivity contribution in [2.45, 2.75) is 26.3 Å². The van der Waals surface area contributed by atoms with Gasteiger partial charge in [-0.2, -0.15) is 0 Å². The van der Waals surface area contributed by atoms with Crippen molar-refractivity contribution in [3.63, 3.8) is 0 Å². The molecule has 0 atom stereocenters. The molecule has 1 aliphatic rings. The minimum Gasteiger partial charge on any atom is -0.373 e. The molecule has 2 rings (SSSR count). The van der Waals surface area contributed by atoms with Crippen LogP contribution in [0.4, 0.5) is 5.69 Å². The van der Waals surface area contributed by atoms with Gasteiger partial charge in [-0.1, -0.05) is 19.1 Å². The second-order valence-electron chi connectivity index (χ2n) is 5.42. The van der Waals surface area contributed by atoms with E-state index >= 15 is 0 Å². The van der Waals surface area contributed by atoms with Crippen LogP contribution in [-0.4, -0.2) is 44.7 Å². The molecule has 19 heavy (non-hydrogen) atoms. The molecule has 1 aromatic rings. The maximum absolute atomic E-state index is 3.36. The Morgan fingerprint density at radius 2 is 1.84 bits per heavy atom. The van der Waals surface area contributed by atoms with E-state index in [0.717, 1.165) is 19.6 Å². The molecule has 106 valence electrons. The zero-order valence-corrected chi connectivity index (χ0v) is 12.4. The van der Waals surface area contributed by atoms with E-state index in [1.165, 1.54) is 43.7 Å². The topological polar surface area (TPSA) is 18.5 Å². The van der Waals surface area contributed by atoms with Crippen LogP contribution in [0.25, 0.3) is 0 Å². The number of nitrogens with zero attached hydrogens (tertiary/aromatic N) is 2. The van der Waals surface area contributed by atoms with Crippen LogP contribution in [0.15, 0.2) is 24.3 Å². The lowest BCUT2D eigenvalue weighted by atomic mass is 10.2. The molecular weight excluding hydrogens is 234 g/mol. The average Bonchev–Trinajstić information content (AvgIpc) is 2.96. The molecule has 1 aromatic carbocycles. The minimum atomic E-state index is 0.967. The summed E-state index contributed by atoms with van der Waals surface area (Å²) in [6, 6.07) is 8.92. The van der Waals surface area contributed by atoms with Crippen molar-refractivity contribution in [3.8, 4) is 0 Å². The Balaban J connectivity index is 1.79. The SMILES string of the molecule is CCNCc1ccc(N(C)CCN2CCCC2)cc1. The molecule has 1 saturated heterocycles. The Hall–Kier alpha value is -1.06. The fourth-order valence-electron chi connectivity index (χ4n) is 2.56. The lowest BCUT2D eigenvalue weighted by Crippen LogP contribution is -2.31. The van der Waals surface area contributed by atoms with Crippen LogP contribution in [0.5, 0.6) is 0 Å². The third kappa shape index (κ3) is 4.51. The van der Waals surface area contributed by atoms with Gasteiger partial charge in [0.05, 0.1) is 0 Å². The molecule has 0 saturated carbocycles. The third-order valence-corrected chi connectivity index (χ3v) is 3.91.